The first kappa shape index (κ1) is 13.6. The van der Waals surface area contributed by atoms with E-state index in [0.29, 0.717) is 12.1 Å². The van der Waals surface area contributed by atoms with Crippen LogP contribution in [0.2, 0.25) is 0 Å². The van der Waals surface area contributed by atoms with Crippen molar-refractivity contribution in [3.05, 3.63) is 28.8 Å². The van der Waals surface area contributed by atoms with Crippen LogP contribution in [-0.2, 0) is 0 Å². The molecular formula is C13H18F2N2. The molecule has 0 aliphatic rings. The van der Waals surface area contributed by atoms with E-state index in [1.165, 1.54) is 13.0 Å². The van der Waals surface area contributed by atoms with E-state index in [2.05, 4.69) is 5.32 Å². The first-order valence-electron chi connectivity index (χ1n) is 5.49. The van der Waals surface area contributed by atoms with E-state index < -0.39 is 11.6 Å². The summed E-state index contributed by atoms with van der Waals surface area (Å²) >= 11 is 0. The average Bonchev–Trinajstić information content (AvgIpc) is 2.22. The Labute approximate surface area is 101 Å². The molecule has 1 aromatic carbocycles. The van der Waals surface area contributed by atoms with Crippen LogP contribution in [-0.4, -0.2) is 12.8 Å². The van der Waals surface area contributed by atoms with Crippen molar-refractivity contribution in [1.29, 1.82) is 5.41 Å². The zero-order valence-electron chi connectivity index (χ0n) is 10.6. The van der Waals surface area contributed by atoms with E-state index in [1.54, 1.807) is 0 Å². The van der Waals surface area contributed by atoms with E-state index >= 15 is 0 Å². The molecule has 4 heteroatoms. The van der Waals surface area contributed by atoms with Gasteiger partial charge in [-0.15, -0.1) is 0 Å². The molecule has 0 spiro atoms. The molecule has 0 amide bonds. The third-order valence-electron chi connectivity index (χ3n) is 2.37. The van der Waals surface area contributed by atoms with E-state index in [0.717, 1.165) is 6.21 Å². The Hall–Kier alpha value is -1.45. The zero-order valence-corrected chi connectivity index (χ0v) is 10.6. The van der Waals surface area contributed by atoms with Gasteiger partial charge in [0.05, 0.1) is 5.69 Å². The lowest BCUT2D eigenvalue weighted by Gasteiger charge is -2.21. The highest BCUT2D eigenvalue weighted by Gasteiger charge is 2.17. The molecular weight excluding hydrogens is 222 g/mol. The van der Waals surface area contributed by atoms with Crippen LogP contribution in [0.15, 0.2) is 6.07 Å². The lowest BCUT2D eigenvalue weighted by Crippen LogP contribution is -2.20. The van der Waals surface area contributed by atoms with Crippen LogP contribution < -0.4 is 5.32 Å². The van der Waals surface area contributed by atoms with Crippen molar-refractivity contribution in [3.63, 3.8) is 0 Å². The molecule has 0 unspecified atom stereocenters. The van der Waals surface area contributed by atoms with Gasteiger partial charge in [0.1, 0.15) is 0 Å². The van der Waals surface area contributed by atoms with Crippen LogP contribution in [0.4, 0.5) is 14.5 Å². The van der Waals surface area contributed by atoms with Gasteiger partial charge >= 0.3 is 0 Å². The highest BCUT2D eigenvalue weighted by molar-refractivity contribution is 5.86. The van der Waals surface area contributed by atoms with E-state index in [4.69, 9.17) is 5.41 Å². The molecule has 2 nitrogen and oxygen atoms in total. The lowest BCUT2D eigenvalue weighted by atomic mass is 9.96. The van der Waals surface area contributed by atoms with Crippen LogP contribution in [0.25, 0.3) is 0 Å². The third kappa shape index (κ3) is 3.25. The third-order valence-corrected chi connectivity index (χ3v) is 2.37. The summed E-state index contributed by atoms with van der Waals surface area (Å²) in [4.78, 5) is 0. The Kier molecular flexibility index (Phi) is 3.86. The molecule has 0 atom stereocenters. The topological polar surface area (TPSA) is 35.9 Å². The monoisotopic (exact) mass is 240 g/mol. The molecule has 0 heterocycles. The summed E-state index contributed by atoms with van der Waals surface area (Å²) in [7, 11) is 0. The van der Waals surface area contributed by atoms with Gasteiger partial charge in [0, 0.05) is 18.3 Å². The molecule has 2 N–H and O–H groups in total. The summed E-state index contributed by atoms with van der Waals surface area (Å²) < 4.78 is 27.2. The minimum absolute atomic E-state index is 0.0485. The van der Waals surface area contributed by atoms with E-state index in [-0.39, 0.29) is 16.7 Å². The predicted octanol–water partition coefficient (Wildman–Crippen LogP) is 3.73. The van der Waals surface area contributed by atoms with Gasteiger partial charge in [-0.25, -0.2) is 8.78 Å². The predicted molar refractivity (Wildman–Crippen MR) is 66.9 cm³/mol. The van der Waals surface area contributed by atoms with Crippen molar-refractivity contribution < 1.29 is 8.78 Å². The second-order valence-corrected chi connectivity index (χ2v) is 5.34. The van der Waals surface area contributed by atoms with Crippen molar-refractivity contribution in [1.82, 2.24) is 0 Å². The van der Waals surface area contributed by atoms with Crippen LogP contribution in [0.5, 0.6) is 0 Å². The van der Waals surface area contributed by atoms with Gasteiger partial charge in [-0.05, 0) is 24.0 Å². The van der Waals surface area contributed by atoms with Crippen LogP contribution in [0, 0.1) is 29.4 Å². The minimum atomic E-state index is -0.909. The van der Waals surface area contributed by atoms with Gasteiger partial charge in [0.2, 0.25) is 0 Å². The SMILES string of the molecule is Cc1cc(C=N)c(NCC(C)(C)C)c(F)c1F. The number of nitrogens with one attached hydrogen (secondary N) is 2. The van der Waals surface area contributed by atoms with Crippen molar-refractivity contribution >= 4 is 11.9 Å². The smallest absolute Gasteiger partial charge is 0.182 e. The molecule has 0 aliphatic heterocycles. The Balaban J connectivity index is 3.13. The Morgan fingerprint density at radius 1 is 1.29 bits per heavy atom. The van der Waals surface area contributed by atoms with Gasteiger partial charge in [0.15, 0.2) is 11.6 Å². The first-order chi connectivity index (χ1) is 7.76. The summed E-state index contributed by atoms with van der Waals surface area (Å²) in [6, 6.07) is 1.47. The maximum Gasteiger partial charge on any atom is 0.182 e. The lowest BCUT2D eigenvalue weighted by molar-refractivity contribution is 0.440. The maximum atomic E-state index is 13.7. The first-order valence-corrected chi connectivity index (χ1v) is 5.49. The van der Waals surface area contributed by atoms with Crippen molar-refractivity contribution in [2.24, 2.45) is 5.41 Å². The van der Waals surface area contributed by atoms with Crippen molar-refractivity contribution in [2.45, 2.75) is 27.7 Å². The number of halogens is 2. The number of hydrogen-bond acceptors (Lipinski definition) is 2. The Morgan fingerprint density at radius 2 is 1.88 bits per heavy atom. The molecule has 0 saturated carbocycles. The molecule has 0 bridgehead atoms. The van der Waals surface area contributed by atoms with Crippen LogP contribution in [0.1, 0.15) is 31.9 Å². The molecule has 0 aliphatic carbocycles. The van der Waals surface area contributed by atoms with E-state index in [9.17, 15) is 8.78 Å². The Bertz CT molecular complexity index is 434. The number of rotatable bonds is 3. The molecule has 0 aromatic heterocycles. The van der Waals surface area contributed by atoms with Gasteiger partial charge in [0.25, 0.3) is 0 Å². The fraction of sp³-hybridized carbons (Fsp3) is 0.462. The fourth-order valence-electron chi connectivity index (χ4n) is 1.43. The highest BCUT2D eigenvalue weighted by atomic mass is 19.2. The largest absolute Gasteiger partial charge is 0.382 e. The van der Waals surface area contributed by atoms with Crippen LogP contribution in [0.3, 0.4) is 0 Å². The molecule has 1 aromatic rings. The quantitative estimate of drug-likeness (QED) is 0.776. The summed E-state index contributed by atoms with van der Waals surface area (Å²) in [5.74, 6) is -1.76. The van der Waals surface area contributed by atoms with Gasteiger partial charge < -0.3 is 10.7 Å². The number of benzene rings is 1. The van der Waals surface area contributed by atoms with Gasteiger partial charge in [-0.2, -0.15) is 0 Å². The standard InChI is InChI=1S/C13H18F2N2/c1-8-5-9(6-16)12(11(15)10(8)14)17-7-13(2,3)4/h5-6,16-17H,7H2,1-4H3. The van der Waals surface area contributed by atoms with Crippen molar-refractivity contribution in [2.75, 3.05) is 11.9 Å². The molecule has 17 heavy (non-hydrogen) atoms. The molecule has 94 valence electrons. The van der Waals surface area contributed by atoms with Gasteiger partial charge in [-0.3, -0.25) is 0 Å². The zero-order chi connectivity index (χ0) is 13.2. The van der Waals surface area contributed by atoms with Gasteiger partial charge in [-0.1, -0.05) is 20.8 Å². The summed E-state index contributed by atoms with van der Waals surface area (Å²) in [6.07, 6.45) is 1.03. The van der Waals surface area contributed by atoms with Crippen molar-refractivity contribution in [3.8, 4) is 0 Å². The maximum absolute atomic E-state index is 13.7. The highest BCUT2D eigenvalue weighted by Crippen LogP contribution is 2.25. The molecule has 1 rings (SSSR count). The normalized spacial score (nSPS) is 11.4. The summed E-state index contributed by atoms with van der Waals surface area (Å²) in [6.45, 7) is 7.97. The number of aryl methyl sites for hydroxylation is 1. The minimum Gasteiger partial charge on any atom is -0.382 e. The molecule has 0 saturated heterocycles. The second kappa shape index (κ2) is 4.82. The molecule has 0 fully saturated rings. The second-order valence-electron chi connectivity index (χ2n) is 5.34. The van der Waals surface area contributed by atoms with Crippen LogP contribution >= 0.6 is 0 Å². The number of anilines is 1. The average molecular weight is 240 g/mol. The molecule has 0 radical (unpaired) electrons. The summed E-state index contributed by atoms with van der Waals surface area (Å²) in [5.41, 5.74) is 0.596. The summed E-state index contributed by atoms with van der Waals surface area (Å²) in [5, 5.41) is 10.1. The fourth-order valence-corrected chi connectivity index (χ4v) is 1.43. The Morgan fingerprint density at radius 3 is 2.35 bits per heavy atom. The van der Waals surface area contributed by atoms with E-state index in [1.807, 2.05) is 20.8 Å². The number of hydrogen-bond donors (Lipinski definition) is 2.